The third kappa shape index (κ3) is 5.52. The van der Waals surface area contributed by atoms with Crippen LogP contribution in [0.1, 0.15) is 25.2 Å². The Labute approximate surface area is 236 Å². The van der Waals surface area contributed by atoms with Crippen LogP contribution in [0.2, 0.25) is 0 Å². The number of aliphatic carboxylic acids is 2. The number of nitrogens with two attached hydrogens (primary N) is 2. The van der Waals surface area contributed by atoms with E-state index in [1.807, 2.05) is 28.7 Å². The van der Waals surface area contributed by atoms with Crippen molar-refractivity contribution in [1.82, 2.24) is 19.9 Å². The van der Waals surface area contributed by atoms with Crippen LogP contribution in [0.3, 0.4) is 0 Å². The SMILES string of the molecule is Cn1c(CCN)cc[n+]1CC1=C(C(=O)O)N2C(=O)[C@@H](NC(=O)/C(=N/OC(C)(C)C(=O)O)c3csc(N)n3)[C@H]2SC1. The third-order valence-electron chi connectivity index (χ3n) is 6.39. The molecule has 4 heterocycles. The number of thioether (sulfide) groups is 1. The average molecular weight is 594 g/mol. The van der Waals surface area contributed by atoms with E-state index < -0.39 is 40.8 Å². The van der Waals surface area contributed by atoms with E-state index in [4.69, 9.17) is 16.3 Å². The quantitative estimate of drug-likeness (QED) is 0.0908. The molecule has 2 aliphatic rings. The van der Waals surface area contributed by atoms with Crippen LogP contribution in [0.25, 0.3) is 0 Å². The van der Waals surface area contributed by atoms with Gasteiger partial charge in [0.1, 0.15) is 22.8 Å². The van der Waals surface area contributed by atoms with Crippen LogP contribution in [0.5, 0.6) is 0 Å². The Morgan fingerprint density at radius 3 is 2.67 bits per heavy atom. The molecule has 2 aromatic heterocycles. The monoisotopic (exact) mass is 593 g/mol. The molecule has 0 bridgehead atoms. The number of hydrogen-bond acceptors (Lipinski definition) is 11. The zero-order chi connectivity index (χ0) is 29.4. The fraction of sp³-hybridized carbons (Fsp3) is 0.435. The summed E-state index contributed by atoms with van der Waals surface area (Å²) in [6.07, 6.45) is 2.49. The number of oxime groups is 1. The predicted molar refractivity (Wildman–Crippen MR) is 144 cm³/mol. The summed E-state index contributed by atoms with van der Waals surface area (Å²) >= 11 is 2.35. The van der Waals surface area contributed by atoms with Crippen molar-refractivity contribution >= 4 is 57.7 Å². The number of rotatable bonds is 11. The maximum absolute atomic E-state index is 13.2. The number of amides is 2. The van der Waals surface area contributed by atoms with Crippen molar-refractivity contribution in [3.63, 3.8) is 0 Å². The first kappa shape index (κ1) is 29.0. The minimum Gasteiger partial charge on any atom is -0.478 e. The van der Waals surface area contributed by atoms with Crippen LogP contribution in [-0.4, -0.2) is 83.6 Å². The number of nitrogens with zero attached hydrogens (tertiary/aromatic N) is 5. The van der Waals surface area contributed by atoms with E-state index in [2.05, 4.69) is 15.5 Å². The highest BCUT2D eigenvalue weighted by Crippen LogP contribution is 2.40. The Hall–Kier alpha value is -3.96. The molecule has 2 atom stereocenters. The highest BCUT2D eigenvalue weighted by molar-refractivity contribution is 8.00. The molecule has 2 aromatic rings. The number of anilines is 1. The summed E-state index contributed by atoms with van der Waals surface area (Å²) in [5, 5.41) is 26.5. The largest absolute Gasteiger partial charge is 0.478 e. The fourth-order valence-corrected chi connectivity index (χ4v) is 5.99. The molecule has 2 aliphatic heterocycles. The van der Waals surface area contributed by atoms with Crippen molar-refractivity contribution in [3.8, 4) is 0 Å². The number of aromatic nitrogens is 3. The van der Waals surface area contributed by atoms with Gasteiger partial charge < -0.3 is 31.8 Å². The van der Waals surface area contributed by atoms with Gasteiger partial charge in [0.05, 0.1) is 12.7 Å². The standard InChI is InChI=1S/C23H28N8O7S2/c1-23(2,21(36)37)38-28-14(13-10-40-22(25)26-13)17(32)27-15-18(33)31-16(20(34)35)11(9-39-19(15)31)8-30-7-5-12(4-6-24)29(30)3/h5,7,10,15,19H,4,6,8-9,24H2,1-3H3,(H4-,25,26,27,32,34,35,36,37)/p+1/b28-14+/t15-,19-/m1/s1. The minimum atomic E-state index is -1.76. The van der Waals surface area contributed by atoms with E-state index in [-0.39, 0.29) is 28.8 Å². The number of thiazole rings is 1. The number of carboxylic acid groups (broad SMARTS) is 2. The lowest BCUT2D eigenvalue weighted by Gasteiger charge is -2.49. The van der Waals surface area contributed by atoms with Gasteiger partial charge in [-0.15, -0.1) is 27.8 Å². The summed E-state index contributed by atoms with van der Waals surface area (Å²) in [6, 6.07) is 0.851. The van der Waals surface area contributed by atoms with E-state index in [1.165, 1.54) is 35.9 Å². The van der Waals surface area contributed by atoms with Gasteiger partial charge in [0.15, 0.2) is 23.6 Å². The number of nitrogens with one attached hydrogen (secondary N) is 1. The van der Waals surface area contributed by atoms with Gasteiger partial charge in [-0.2, -0.15) is 4.68 Å². The number of carbonyl (C=O) groups excluding carboxylic acids is 2. The maximum Gasteiger partial charge on any atom is 0.352 e. The number of β-lactam (4-membered cyclic amide) rings is 1. The highest BCUT2D eigenvalue weighted by Gasteiger charge is 2.55. The van der Waals surface area contributed by atoms with E-state index >= 15 is 0 Å². The topological polar surface area (TPSA) is 219 Å². The van der Waals surface area contributed by atoms with E-state index in [1.54, 1.807) is 0 Å². The molecule has 1 saturated heterocycles. The molecule has 40 heavy (non-hydrogen) atoms. The van der Waals surface area contributed by atoms with Gasteiger partial charge in [-0.05, 0) is 20.4 Å². The van der Waals surface area contributed by atoms with Gasteiger partial charge >= 0.3 is 11.9 Å². The smallest absolute Gasteiger partial charge is 0.352 e. The highest BCUT2D eigenvalue weighted by atomic mass is 32.2. The number of carbonyl (C=O) groups is 4. The van der Waals surface area contributed by atoms with Gasteiger partial charge in [0.2, 0.25) is 5.60 Å². The fourth-order valence-electron chi connectivity index (χ4n) is 4.11. The summed E-state index contributed by atoms with van der Waals surface area (Å²) in [5.74, 6) is -3.72. The maximum atomic E-state index is 13.2. The Bertz CT molecular complexity index is 1430. The Kier molecular flexibility index (Phi) is 8.18. The number of carboxylic acids is 2. The van der Waals surface area contributed by atoms with Crippen molar-refractivity contribution in [2.24, 2.45) is 17.9 Å². The Morgan fingerprint density at radius 1 is 1.35 bits per heavy atom. The van der Waals surface area contributed by atoms with Crippen LogP contribution in [0.4, 0.5) is 5.13 Å². The van der Waals surface area contributed by atoms with Gasteiger partial charge in [-0.25, -0.2) is 14.6 Å². The van der Waals surface area contributed by atoms with Gasteiger partial charge in [0.25, 0.3) is 11.8 Å². The van der Waals surface area contributed by atoms with Crippen molar-refractivity contribution in [2.45, 2.75) is 43.8 Å². The van der Waals surface area contributed by atoms with Gasteiger partial charge in [-0.3, -0.25) is 14.5 Å². The summed E-state index contributed by atoms with van der Waals surface area (Å²) in [6.45, 7) is 3.22. The molecule has 2 amide bonds. The number of hydrogen-bond donors (Lipinski definition) is 5. The first-order chi connectivity index (χ1) is 18.9. The first-order valence-electron chi connectivity index (χ1n) is 12.0. The zero-order valence-electron chi connectivity index (χ0n) is 21.9. The van der Waals surface area contributed by atoms with Crippen LogP contribution in [-0.2, 0) is 44.0 Å². The molecule has 0 saturated carbocycles. The molecule has 7 N–H and O–H groups in total. The second-order valence-corrected chi connectivity index (χ2v) is 11.5. The Morgan fingerprint density at radius 2 is 2.08 bits per heavy atom. The molecule has 0 spiro atoms. The van der Waals surface area contributed by atoms with E-state index in [9.17, 15) is 29.4 Å². The summed E-state index contributed by atoms with van der Waals surface area (Å²) < 4.78 is 3.73. The molecule has 15 nitrogen and oxygen atoms in total. The molecule has 4 rings (SSSR count). The van der Waals surface area contributed by atoms with Gasteiger partial charge in [-0.1, -0.05) is 5.16 Å². The molecule has 0 aromatic carbocycles. The summed E-state index contributed by atoms with van der Waals surface area (Å²) in [7, 11) is 1.85. The second kappa shape index (κ2) is 11.3. The van der Waals surface area contributed by atoms with Gasteiger partial charge in [0, 0.05) is 29.2 Å². The normalized spacial score (nSPS) is 19.2. The molecule has 214 valence electrons. The van der Waals surface area contributed by atoms with Crippen molar-refractivity contribution in [3.05, 3.63) is 40.3 Å². The number of fused-ring (bicyclic) bond motifs is 1. The summed E-state index contributed by atoms with van der Waals surface area (Å²) in [5.41, 5.74) is 10.6. The van der Waals surface area contributed by atoms with Crippen LogP contribution in [0.15, 0.2) is 34.1 Å². The molecule has 0 unspecified atom stereocenters. The lowest BCUT2D eigenvalue weighted by molar-refractivity contribution is -0.766. The lowest BCUT2D eigenvalue weighted by Crippen LogP contribution is -2.71. The Balaban J connectivity index is 1.55. The second-order valence-electron chi connectivity index (χ2n) is 9.50. The molecule has 17 heteroatoms. The molecular formula is C23H29N8O7S2+. The van der Waals surface area contributed by atoms with E-state index in [0.717, 1.165) is 17.0 Å². The molecule has 0 aliphatic carbocycles. The predicted octanol–water partition coefficient (Wildman–Crippen LogP) is -1.12. The third-order valence-corrected chi connectivity index (χ3v) is 8.40. The molecule has 1 fully saturated rings. The van der Waals surface area contributed by atoms with Crippen molar-refractivity contribution in [1.29, 1.82) is 0 Å². The van der Waals surface area contributed by atoms with Crippen molar-refractivity contribution < 1.29 is 38.9 Å². The molecule has 0 radical (unpaired) electrons. The average Bonchev–Trinajstić information content (AvgIpc) is 3.47. The van der Waals surface area contributed by atoms with Crippen molar-refractivity contribution in [2.75, 3.05) is 18.0 Å². The van der Waals surface area contributed by atoms with Crippen LogP contribution < -0.4 is 21.5 Å². The first-order valence-corrected chi connectivity index (χ1v) is 13.9. The van der Waals surface area contributed by atoms with E-state index in [0.29, 0.717) is 24.3 Å². The van der Waals surface area contributed by atoms with Crippen LogP contribution >= 0.6 is 23.1 Å². The summed E-state index contributed by atoms with van der Waals surface area (Å²) in [4.78, 5) is 60.3. The minimum absolute atomic E-state index is 0.0307. The number of nitrogen functional groups attached to an aromatic ring is 1. The van der Waals surface area contributed by atoms with Crippen LogP contribution in [0, 0.1) is 0 Å². The molecular weight excluding hydrogens is 564 g/mol. The zero-order valence-corrected chi connectivity index (χ0v) is 23.5. The lowest BCUT2D eigenvalue weighted by atomic mass is 10.0.